The summed E-state index contributed by atoms with van der Waals surface area (Å²) in [5.41, 5.74) is 2.53. The minimum Gasteiger partial charge on any atom is -0.496 e. The number of carboxylic acids is 1. The average molecular weight is 441 g/mol. The lowest BCUT2D eigenvalue weighted by molar-refractivity contribution is 0.0699. The van der Waals surface area contributed by atoms with Crippen molar-refractivity contribution in [1.29, 1.82) is 0 Å². The number of sulfonamides is 1. The monoisotopic (exact) mass is 440 g/mol. The van der Waals surface area contributed by atoms with Crippen LogP contribution in [0.2, 0.25) is 0 Å². The van der Waals surface area contributed by atoms with Crippen LogP contribution < -0.4 is 4.74 Å². The van der Waals surface area contributed by atoms with Gasteiger partial charge in [-0.2, -0.15) is 4.31 Å². The van der Waals surface area contributed by atoms with E-state index in [9.17, 15) is 18.3 Å². The third-order valence-electron chi connectivity index (χ3n) is 5.59. The molecule has 1 saturated heterocycles. The predicted octanol–water partition coefficient (Wildman–Crippen LogP) is 4.09. The van der Waals surface area contributed by atoms with Crippen LogP contribution in [0, 0.1) is 6.92 Å². The van der Waals surface area contributed by atoms with E-state index in [2.05, 4.69) is 4.98 Å². The van der Waals surface area contributed by atoms with Gasteiger partial charge in [0.15, 0.2) is 0 Å². The SMILES string of the molecule is COc1ccc(C)cc1-c1cc(C(=O)O)c2cc(S(=O)(=O)N3CCCCC3)ccc2n1. The van der Waals surface area contributed by atoms with Crippen molar-refractivity contribution in [3.05, 3.63) is 53.6 Å². The van der Waals surface area contributed by atoms with E-state index in [4.69, 9.17) is 4.74 Å². The number of aromatic nitrogens is 1. The number of piperidine rings is 1. The summed E-state index contributed by atoms with van der Waals surface area (Å²) in [6, 6.07) is 11.6. The predicted molar refractivity (Wildman–Crippen MR) is 118 cm³/mol. The van der Waals surface area contributed by atoms with Crippen LogP contribution in [0.15, 0.2) is 47.4 Å². The van der Waals surface area contributed by atoms with Gasteiger partial charge in [-0.3, -0.25) is 0 Å². The van der Waals surface area contributed by atoms with Crippen molar-refractivity contribution in [2.24, 2.45) is 0 Å². The van der Waals surface area contributed by atoms with Gasteiger partial charge in [0.1, 0.15) is 5.75 Å². The second-order valence-electron chi connectivity index (χ2n) is 7.71. The molecule has 2 aromatic carbocycles. The normalized spacial score (nSPS) is 15.2. The Morgan fingerprint density at radius 3 is 2.48 bits per heavy atom. The fraction of sp³-hybridized carbons (Fsp3) is 0.304. The summed E-state index contributed by atoms with van der Waals surface area (Å²) in [6.45, 7) is 2.90. The van der Waals surface area contributed by atoms with Crippen molar-refractivity contribution in [3.63, 3.8) is 0 Å². The quantitative estimate of drug-likeness (QED) is 0.642. The molecule has 0 aliphatic carbocycles. The van der Waals surface area contributed by atoms with E-state index in [0.717, 1.165) is 24.8 Å². The molecule has 0 atom stereocenters. The van der Waals surface area contributed by atoms with Crippen LogP contribution in [0.3, 0.4) is 0 Å². The molecular weight excluding hydrogens is 416 g/mol. The molecule has 0 spiro atoms. The van der Waals surface area contributed by atoms with Crippen LogP contribution in [0.4, 0.5) is 0 Å². The van der Waals surface area contributed by atoms with Crippen LogP contribution in [0.25, 0.3) is 22.2 Å². The molecule has 0 bridgehead atoms. The summed E-state index contributed by atoms with van der Waals surface area (Å²) in [4.78, 5) is 16.8. The van der Waals surface area contributed by atoms with E-state index >= 15 is 0 Å². The molecule has 4 rings (SSSR count). The summed E-state index contributed by atoms with van der Waals surface area (Å²) >= 11 is 0. The van der Waals surface area contributed by atoms with Gasteiger partial charge in [-0.1, -0.05) is 18.1 Å². The second kappa shape index (κ2) is 8.28. The first-order chi connectivity index (χ1) is 14.8. The van der Waals surface area contributed by atoms with Gasteiger partial charge in [-0.15, -0.1) is 0 Å². The van der Waals surface area contributed by atoms with Gasteiger partial charge in [-0.25, -0.2) is 18.2 Å². The zero-order valence-corrected chi connectivity index (χ0v) is 18.3. The first-order valence-electron chi connectivity index (χ1n) is 10.1. The summed E-state index contributed by atoms with van der Waals surface area (Å²) < 4.78 is 33.0. The zero-order valence-electron chi connectivity index (χ0n) is 17.5. The van der Waals surface area contributed by atoms with E-state index < -0.39 is 16.0 Å². The molecule has 7 nitrogen and oxygen atoms in total. The Kier molecular flexibility index (Phi) is 5.68. The average Bonchev–Trinajstić information content (AvgIpc) is 2.78. The molecule has 1 aromatic heterocycles. The molecule has 0 saturated carbocycles. The summed E-state index contributed by atoms with van der Waals surface area (Å²) in [5.74, 6) is -0.564. The topological polar surface area (TPSA) is 96.8 Å². The van der Waals surface area contributed by atoms with Crippen LogP contribution in [-0.4, -0.2) is 49.0 Å². The van der Waals surface area contributed by atoms with Gasteiger partial charge in [0.2, 0.25) is 10.0 Å². The molecule has 31 heavy (non-hydrogen) atoms. The van der Waals surface area contributed by atoms with Crippen LogP contribution in [-0.2, 0) is 10.0 Å². The van der Waals surface area contributed by atoms with Gasteiger partial charge in [-0.05, 0) is 56.2 Å². The Bertz CT molecular complexity index is 1260. The molecule has 1 aliphatic heterocycles. The lowest BCUT2D eigenvalue weighted by Crippen LogP contribution is -2.35. The van der Waals surface area contributed by atoms with Gasteiger partial charge in [0, 0.05) is 24.0 Å². The fourth-order valence-electron chi connectivity index (χ4n) is 3.96. The van der Waals surface area contributed by atoms with Gasteiger partial charge < -0.3 is 9.84 Å². The molecule has 2 heterocycles. The Balaban J connectivity index is 1.88. The number of methoxy groups -OCH3 is 1. The van der Waals surface area contributed by atoms with Crippen molar-refractivity contribution in [2.45, 2.75) is 31.1 Å². The Hall–Kier alpha value is -2.97. The number of hydrogen-bond donors (Lipinski definition) is 1. The zero-order chi connectivity index (χ0) is 22.2. The summed E-state index contributed by atoms with van der Waals surface area (Å²) in [5, 5.41) is 10.2. The maximum Gasteiger partial charge on any atom is 0.336 e. The number of ether oxygens (including phenoxy) is 1. The lowest BCUT2D eigenvalue weighted by atomic mass is 10.0. The first kappa shape index (κ1) is 21.3. The van der Waals surface area contributed by atoms with E-state index in [0.29, 0.717) is 41.0 Å². The molecule has 0 radical (unpaired) electrons. The van der Waals surface area contributed by atoms with E-state index in [-0.39, 0.29) is 10.5 Å². The standard InChI is InChI=1S/C23H24N2O5S/c1-15-6-9-22(30-2)19(12-15)21-14-18(23(26)27)17-13-16(7-8-20(17)24-21)31(28,29)25-10-4-3-5-11-25/h6-9,12-14H,3-5,10-11H2,1-2H3,(H,26,27). The third kappa shape index (κ3) is 4.00. The van der Waals surface area contributed by atoms with E-state index in [1.54, 1.807) is 13.2 Å². The maximum atomic E-state index is 13.1. The van der Waals surface area contributed by atoms with Crippen LogP contribution in [0.5, 0.6) is 5.75 Å². The smallest absolute Gasteiger partial charge is 0.336 e. The molecule has 162 valence electrons. The second-order valence-corrected chi connectivity index (χ2v) is 9.65. The molecule has 0 amide bonds. The highest BCUT2D eigenvalue weighted by Gasteiger charge is 2.27. The minimum absolute atomic E-state index is 0.000691. The highest BCUT2D eigenvalue weighted by Crippen LogP contribution is 2.33. The number of pyridine rings is 1. The van der Waals surface area contributed by atoms with E-state index in [1.165, 1.54) is 22.5 Å². The molecule has 1 N–H and O–H groups in total. The van der Waals surface area contributed by atoms with E-state index in [1.807, 2.05) is 25.1 Å². The number of aromatic carboxylic acids is 1. The number of carbonyl (C=O) groups is 1. The van der Waals surface area contributed by atoms with Crippen molar-refractivity contribution < 1.29 is 23.1 Å². The number of benzene rings is 2. The van der Waals surface area contributed by atoms with Crippen molar-refractivity contribution in [1.82, 2.24) is 9.29 Å². The van der Waals surface area contributed by atoms with Gasteiger partial charge in [0.25, 0.3) is 0 Å². The van der Waals surface area contributed by atoms with Crippen molar-refractivity contribution in [3.8, 4) is 17.0 Å². The van der Waals surface area contributed by atoms with Crippen LogP contribution >= 0.6 is 0 Å². The van der Waals surface area contributed by atoms with Crippen molar-refractivity contribution >= 4 is 26.9 Å². The minimum atomic E-state index is -3.68. The number of hydrogen-bond acceptors (Lipinski definition) is 5. The fourth-order valence-corrected chi connectivity index (χ4v) is 5.50. The van der Waals surface area contributed by atoms with Gasteiger partial charge >= 0.3 is 5.97 Å². The van der Waals surface area contributed by atoms with Crippen molar-refractivity contribution in [2.75, 3.05) is 20.2 Å². The Labute approximate surface area is 181 Å². The molecule has 1 aliphatic rings. The number of carboxylic acid groups (broad SMARTS) is 1. The maximum absolute atomic E-state index is 13.1. The highest BCUT2D eigenvalue weighted by atomic mass is 32.2. The third-order valence-corrected chi connectivity index (χ3v) is 7.49. The number of rotatable bonds is 5. The summed E-state index contributed by atoms with van der Waals surface area (Å²) in [6.07, 6.45) is 2.68. The number of aryl methyl sites for hydroxylation is 1. The number of nitrogens with zero attached hydrogens (tertiary/aromatic N) is 2. The molecule has 0 unspecified atom stereocenters. The highest BCUT2D eigenvalue weighted by molar-refractivity contribution is 7.89. The lowest BCUT2D eigenvalue weighted by Gasteiger charge is -2.26. The van der Waals surface area contributed by atoms with Crippen LogP contribution in [0.1, 0.15) is 35.2 Å². The van der Waals surface area contributed by atoms with Gasteiger partial charge in [0.05, 0.1) is 28.8 Å². The molecule has 3 aromatic rings. The molecular formula is C23H24N2O5S. The molecule has 1 fully saturated rings. The molecule has 8 heteroatoms. The Morgan fingerprint density at radius 2 is 1.81 bits per heavy atom. The summed E-state index contributed by atoms with van der Waals surface area (Å²) in [7, 11) is -2.14. The number of fused-ring (bicyclic) bond motifs is 1. The first-order valence-corrected chi connectivity index (χ1v) is 11.6. The Morgan fingerprint density at radius 1 is 1.06 bits per heavy atom. The largest absolute Gasteiger partial charge is 0.496 e.